The Labute approximate surface area is 97.7 Å². The minimum atomic E-state index is 0.168. The fraction of sp³-hybridized carbons (Fsp3) is 0.200. The van der Waals surface area contributed by atoms with Gasteiger partial charge in [-0.15, -0.1) is 0 Å². The second kappa shape index (κ2) is 4.21. The lowest BCUT2D eigenvalue weighted by molar-refractivity contribution is 0.929. The normalized spacial score (nSPS) is 10.6. The largest absolute Gasteiger partial charge is 0.308 e. The Hall–Kier alpha value is -1.06. The highest BCUT2D eigenvalue weighted by molar-refractivity contribution is 6.32. The van der Waals surface area contributed by atoms with Crippen molar-refractivity contribution in [1.82, 2.24) is 14.5 Å². The maximum atomic E-state index is 6.00. The molecule has 0 fully saturated rings. The van der Waals surface area contributed by atoms with Crippen LogP contribution in [0.4, 0.5) is 0 Å². The summed E-state index contributed by atoms with van der Waals surface area (Å²) in [5.41, 5.74) is 0.900. The first-order valence-electron chi connectivity index (χ1n) is 4.57. The Morgan fingerprint density at radius 1 is 1.20 bits per heavy atom. The van der Waals surface area contributed by atoms with Crippen LogP contribution in [-0.4, -0.2) is 14.5 Å². The minimum absolute atomic E-state index is 0.168. The number of aromatic nitrogens is 3. The highest BCUT2D eigenvalue weighted by Gasteiger charge is 2.11. The molecule has 0 aliphatic carbocycles. The van der Waals surface area contributed by atoms with Crippen LogP contribution in [0, 0.1) is 0 Å². The lowest BCUT2D eigenvalue weighted by atomic mass is 10.2. The van der Waals surface area contributed by atoms with E-state index in [1.807, 2.05) is 36.0 Å². The molecule has 15 heavy (non-hydrogen) atoms. The molecule has 5 heteroatoms. The Morgan fingerprint density at radius 2 is 1.87 bits per heavy atom. The molecule has 0 atom stereocenters. The molecular formula is C10H9Cl2N3. The van der Waals surface area contributed by atoms with Crippen molar-refractivity contribution in [2.45, 2.75) is 13.3 Å². The van der Waals surface area contributed by atoms with Gasteiger partial charge in [-0.1, -0.05) is 18.5 Å². The van der Waals surface area contributed by atoms with Crippen LogP contribution in [-0.2, 0) is 6.42 Å². The molecule has 0 aliphatic rings. The highest BCUT2D eigenvalue weighted by Crippen LogP contribution is 2.22. The maximum absolute atomic E-state index is 6.00. The van der Waals surface area contributed by atoms with E-state index in [2.05, 4.69) is 9.97 Å². The van der Waals surface area contributed by atoms with Crippen molar-refractivity contribution >= 4 is 23.2 Å². The van der Waals surface area contributed by atoms with E-state index in [4.69, 9.17) is 23.2 Å². The van der Waals surface area contributed by atoms with Gasteiger partial charge in [0, 0.05) is 18.0 Å². The van der Waals surface area contributed by atoms with Crippen LogP contribution >= 0.6 is 23.2 Å². The van der Waals surface area contributed by atoms with Gasteiger partial charge in [-0.05, 0) is 30.2 Å². The van der Waals surface area contributed by atoms with Crippen molar-refractivity contribution in [2.75, 3.05) is 0 Å². The lowest BCUT2D eigenvalue weighted by Gasteiger charge is -2.09. The molecule has 3 nitrogen and oxygen atoms in total. The summed E-state index contributed by atoms with van der Waals surface area (Å²) in [6.07, 6.45) is 4.56. The first-order chi connectivity index (χ1) is 7.22. The number of hydrogen-bond donors (Lipinski definition) is 0. The molecule has 0 radical (unpaired) electrons. The molecule has 0 N–H and O–H groups in total. The number of rotatable bonds is 2. The van der Waals surface area contributed by atoms with Gasteiger partial charge in [-0.2, -0.15) is 4.98 Å². The Morgan fingerprint density at radius 3 is 2.47 bits per heavy atom. The van der Waals surface area contributed by atoms with Crippen LogP contribution in [0.2, 0.25) is 10.4 Å². The Balaban J connectivity index is 2.64. The van der Waals surface area contributed by atoms with E-state index in [1.165, 1.54) is 0 Å². The monoisotopic (exact) mass is 241 g/mol. The maximum Gasteiger partial charge on any atom is 0.225 e. The van der Waals surface area contributed by atoms with Gasteiger partial charge in [0.05, 0.1) is 0 Å². The molecule has 0 aromatic carbocycles. The van der Waals surface area contributed by atoms with Gasteiger partial charge in [0.2, 0.25) is 5.28 Å². The summed E-state index contributed by atoms with van der Waals surface area (Å²) in [6, 6.07) is 3.84. The first kappa shape index (κ1) is 10.5. The molecule has 0 spiro atoms. The van der Waals surface area contributed by atoms with Crippen molar-refractivity contribution < 1.29 is 0 Å². The van der Waals surface area contributed by atoms with Gasteiger partial charge in [-0.3, -0.25) is 0 Å². The molecule has 2 aromatic rings. The molecule has 2 heterocycles. The molecule has 0 saturated carbocycles. The summed E-state index contributed by atoms with van der Waals surface area (Å²) >= 11 is 11.8. The average Bonchev–Trinajstić information content (AvgIpc) is 2.69. The molecule has 0 unspecified atom stereocenters. The summed E-state index contributed by atoms with van der Waals surface area (Å²) < 4.78 is 1.87. The topological polar surface area (TPSA) is 30.7 Å². The molecule has 0 amide bonds. The van der Waals surface area contributed by atoms with Gasteiger partial charge < -0.3 is 4.57 Å². The molecule has 78 valence electrons. The summed E-state index contributed by atoms with van der Waals surface area (Å²) in [7, 11) is 0. The van der Waals surface area contributed by atoms with E-state index in [-0.39, 0.29) is 5.28 Å². The van der Waals surface area contributed by atoms with Crippen LogP contribution in [0.1, 0.15) is 12.5 Å². The van der Waals surface area contributed by atoms with Crippen LogP contribution < -0.4 is 0 Å². The predicted molar refractivity (Wildman–Crippen MR) is 60.8 cm³/mol. The molecule has 0 bridgehead atoms. The number of hydrogen-bond acceptors (Lipinski definition) is 2. The number of nitrogens with zero attached hydrogens (tertiary/aromatic N) is 3. The highest BCUT2D eigenvalue weighted by atomic mass is 35.5. The first-order valence-corrected chi connectivity index (χ1v) is 5.33. The van der Waals surface area contributed by atoms with Crippen molar-refractivity contribution in [3.8, 4) is 5.82 Å². The van der Waals surface area contributed by atoms with Crippen molar-refractivity contribution in [2.24, 2.45) is 0 Å². The number of halogens is 2. The molecule has 0 saturated heterocycles. The van der Waals surface area contributed by atoms with E-state index in [1.54, 1.807) is 0 Å². The zero-order valence-electron chi connectivity index (χ0n) is 8.11. The van der Waals surface area contributed by atoms with E-state index in [0.717, 1.165) is 17.8 Å². The van der Waals surface area contributed by atoms with Crippen LogP contribution in [0.5, 0.6) is 0 Å². The average molecular weight is 242 g/mol. The minimum Gasteiger partial charge on any atom is -0.308 e. The fourth-order valence-corrected chi connectivity index (χ4v) is 1.92. The third kappa shape index (κ3) is 1.98. The molecule has 0 aliphatic heterocycles. The van der Waals surface area contributed by atoms with Gasteiger partial charge >= 0.3 is 0 Å². The lowest BCUT2D eigenvalue weighted by Crippen LogP contribution is -2.03. The zero-order chi connectivity index (χ0) is 10.8. The zero-order valence-corrected chi connectivity index (χ0v) is 9.63. The predicted octanol–water partition coefficient (Wildman–Crippen LogP) is 3.14. The van der Waals surface area contributed by atoms with Gasteiger partial charge in [0.15, 0.2) is 0 Å². The van der Waals surface area contributed by atoms with Crippen LogP contribution in [0.15, 0.2) is 24.5 Å². The fourth-order valence-electron chi connectivity index (χ4n) is 1.41. The second-order valence-corrected chi connectivity index (χ2v) is 3.73. The van der Waals surface area contributed by atoms with Crippen molar-refractivity contribution in [1.29, 1.82) is 0 Å². The second-order valence-electron chi connectivity index (χ2n) is 3.03. The Kier molecular flexibility index (Phi) is 2.93. The van der Waals surface area contributed by atoms with Crippen molar-refractivity contribution in [3.63, 3.8) is 0 Å². The Bertz CT molecular complexity index is 466. The van der Waals surface area contributed by atoms with Crippen molar-refractivity contribution in [3.05, 3.63) is 40.5 Å². The van der Waals surface area contributed by atoms with E-state index in [0.29, 0.717) is 5.15 Å². The SMILES string of the molecule is CCc1c(Cl)nc(Cl)nc1-n1cccc1. The van der Waals surface area contributed by atoms with Crippen LogP contribution in [0.25, 0.3) is 5.82 Å². The van der Waals surface area contributed by atoms with E-state index >= 15 is 0 Å². The van der Waals surface area contributed by atoms with Gasteiger partial charge in [0.1, 0.15) is 11.0 Å². The third-order valence-corrected chi connectivity index (χ3v) is 2.59. The van der Waals surface area contributed by atoms with E-state index in [9.17, 15) is 0 Å². The van der Waals surface area contributed by atoms with E-state index < -0.39 is 0 Å². The molecule has 2 aromatic heterocycles. The summed E-state index contributed by atoms with van der Waals surface area (Å²) in [5, 5.41) is 0.585. The quantitative estimate of drug-likeness (QED) is 0.598. The summed E-state index contributed by atoms with van der Waals surface area (Å²) in [6.45, 7) is 2.01. The molecule has 2 rings (SSSR count). The summed E-state index contributed by atoms with van der Waals surface area (Å²) in [4.78, 5) is 8.10. The van der Waals surface area contributed by atoms with Crippen LogP contribution in [0.3, 0.4) is 0 Å². The summed E-state index contributed by atoms with van der Waals surface area (Å²) in [5.74, 6) is 0.743. The van der Waals surface area contributed by atoms with Gasteiger partial charge in [-0.25, -0.2) is 4.98 Å². The third-order valence-electron chi connectivity index (χ3n) is 2.11. The standard InChI is InChI=1S/C10H9Cl2N3/c1-2-7-8(11)13-10(12)14-9(7)15-5-3-4-6-15/h3-6H,2H2,1H3. The smallest absolute Gasteiger partial charge is 0.225 e. The molecular weight excluding hydrogens is 233 g/mol. The van der Waals surface area contributed by atoms with Gasteiger partial charge in [0.25, 0.3) is 0 Å².